The van der Waals surface area contributed by atoms with E-state index in [0.717, 1.165) is 0 Å². The Balaban J connectivity index is 1.64. The number of methoxy groups -OCH3 is 2. The number of fused-ring (bicyclic) bond motifs is 3. The highest BCUT2D eigenvalue weighted by atomic mass is 35.5. The van der Waals surface area contributed by atoms with Crippen molar-refractivity contribution < 1.29 is 22.6 Å². The molecule has 4 rings (SSSR count). The fraction of sp³-hybridized carbons (Fsp3) is 0.389. The predicted octanol–water partition coefficient (Wildman–Crippen LogP) is 1.36. The van der Waals surface area contributed by atoms with Gasteiger partial charge in [0.25, 0.3) is 5.88 Å². The van der Waals surface area contributed by atoms with Crippen LogP contribution < -0.4 is 14.2 Å². The number of hydrogen-bond donors (Lipinski definition) is 1. The summed E-state index contributed by atoms with van der Waals surface area (Å²) in [5.74, 6) is 1.25. The van der Waals surface area contributed by atoms with Crippen molar-refractivity contribution in [3.05, 3.63) is 35.5 Å². The first kappa shape index (κ1) is 22.2. The molecule has 1 aliphatic heterocycles. The first-order chi connectivity index (χ1) is 15.4. The lowest BCUT2D eigenvalue weighted by molar-refractivity contribution is 0.125. The Labute approximate surface area is 189 Å². The molecule has 170 valence electrons. The summed E-state index contributed by atoms with van der Waals surface area (Å²) in [6, 6.07) is 1.29. The Morgan fingerprint density at radius 3 is 2.75 bits per heavy atom. The average molecular weight is 482 g/mol. The van der Waals surface area contributed by atoms with Crippen LogP contribution in [0.1, 0.15) is 11.9 Å². The maximum Gasteiger partial charge on any atom is 0.257 e. The number of rotatable bonds is 8. The van der Waals surface area contributed by atoms with Crippen molar-refractivity contribution in [3.63, 3.8) is 0 Å². The summed E-state index contributed by atoms with van der Waals surface area (Å²) >= 11 is 5.77. The third kappa shape index (κ3) is 4.59. The molecule has 0 amide bonds. The van der Waals surface area contributed by atoms with E-state index >= 15 is 0 Å². The lowest BCUT2D eigenvalue weighted by Gasteiger charge is -2.19. The zero-order chi connectivity index (χ0) is 22.7. The van der Waals surface area contributed by atoms with Gasteiger partial charge in [-0.25, -0.2) is 23.4 Å². The molecule has 3 aromatic heterocycles. The first-order valence-electron chi connectivity index (χ1n) is 9.48. The molecule has 1 N–H and O–H groups in total. The van der Waals surface area contributed by atoms with Gasteiger partial charge in [-0.05, 0) is 6.07 Å². The van der Waals surface area contributed by atoms with Crippen molar-refractivity contribution in [2.45, 2.75) is 12.5 Å². The molecule has 0 bridgehead atoms. The number of hydrogen-bond acceptors (Lipinski definition) is 10. The van der Waals surface area contributed by atoms with Gasteiger partial charge in [0.05, 0.1) is 36.1 Å². The van der Waals surface area contributed by atoms with Gasteiger partial charge in [0.1, 0.15) is 12.4 Å². The van der Waals surface area contributed by atoms with Gasteiger partial charge in [-0.2, -0.15) is 0 Å². The van der Waals surface area contributed by atoms with Crippen molar-refractivity contribution in [2.75, 3.05) is 37.9 Å². The molecule has 0 aromatic carbocycles. The molecule has 4 heterocycles. The Morgan fingerprint density at radius 1 is 1.25 bits per heavy atom. The first-order valence-corrected chi connectivity index (χ1v) is 11.5. The fourth-order valence-electron chi connectivity index (χ4n) is 3.23. The molecule has 0 radical (unpaired) electrons. The van der Waals surface area contributed by atoms with Crippen LogP contribution in [-0.4, -0.2) is 71.3 Å². The highest BCUT2D eigenvalue weighted by Crippen LogP contribution is 2.40. The minimum Gasteiger partial charge on any atom is -0.485 e. The number of nitrogens with zero attached hydrogens (tertiary/aromatic N) is 6. The molecule has 12 nitrogen and oxygen atoms in total. The van der Waals surface area contributed by atoms with Crippen molar-refractivity contribution in [3.8, 4) is 23.0 Å². The molecule has 0 spiro atoms. The quantitative estimate of drug-likeness (QED) is 0.500. The number of halogens is 1. The number of pyridine rings is 1. The third-order valence-corrected chi connectivity index (χ3v) is 6.09. The summed E-state index contributed by atoms with van der Waals surface area (Å²) in [7, 11) is -0.766. The van der Waals surface area contributed by atoms with Gasteiger partial charge in [0, 0.05) is 32.1 Å². The number of aryl methyl sites for hydroxylation is 1. The average Bonchev–Trinajstić information content (AvgIpc) is 3.10. The molecule has 0 unspecified atom stereocenters. The van der Waals surface area contributed by atoms with E-state index in [1.54, 1.807) is 23.9 Å². The number of sulfonamides is 1. The molecule has 1 atom stereocenters. The molecule has 32 heavy (non-hydrogen) atoms. The molecule has 1 aliphatic rings. The zero-order valence-electron chi connectivity index (χ0n) is 17.2. The van der Waals surface area contributed by atoms with Crippen LogP contribution >= 0.6 is 11.6 Å². The molecule has 0 aliphatic carbocycles. The minimum atomic E-state index is -3.79. The van der Waals surface area contributed by atoms with Gasteiger partial charge in [0.2, 0.25) is 16.0 Å². The van der Waals surface area contributed by atoms with Crippen LogP contribution in [0.5, 0.6) is 11.6 Å². The van der Waals surface area contributed by atoms with E-state index in [9.17, 15) is 8.42 Å². The molecule has 14 heteroatoms. The van der Waals surface area contributed by atoms with E-state index in [1.807, 2.05) is 0 Å². The van der Waals surface area contributed by atoms with Gasteiger partial charge in [-0.15, -0.1) is 10.2 Å². The normalized spacial score (nSPS) is 15.3. The lowest BCUT2D eigenvalue weighted by atomic mass is 10.2. The summed E-state index contributed by atoms with van der Waals surface area (Å²) in [4.78, 5) is 12.2. The fourth-order valence-corrected chi connectivity index (χ4v) is 4.30. The summed E-state index contributed by atoms with van der Waals surface area (Å²) in [5, 5.41) is 8.66. The van der Waals surface area contributed by atoms with E-state index in [4.69, 9.17) is 25.8 Å². The number of nitrogens with one attached hydrogen (secondary N) is 1. The van der Waals surface area contributed by atoms with E-state index in [1.165, 1.54) is 19.5 Å². The van der Waals surface area contributed by atoms with Crippen LogP contribution in [0.15, 0.2) is 24.7 Å². The second-order valence-electron chi connectivity index (χ2n) is 6.82. The van der Waals surface area contributed by atoms with Gasteiger partial charge >= 0.3 is 0 Å². The van der Waals surface area contributed by atoms with Gasteiger partial charge in [0.15, 0.2) is 11.6 Å². The largest absolute Gasteiger partial charge is 0.485 e. The molecule has 3 aromatic rings. The molecular formula is C18H20ClN7O5S. The Kier molecular flexibility index (Phi) is 6.39. The van der Waals surface area contributed by atoms with Crippen LogP contribution in [-0.2, 0) is 21.2 Å². The SMILES string of the molecule is COC[C@H]1COc2c(ccnc2OC)-c2nnc(NS(=O)(=O)CCc3ncc(Cl)cn3)n21. The zero-order valence-corrected chi connectivity index (χ0v) is 18.8. The minimum absolute atomic E-state index is 0.0475. The number of aromatic nitrogens is 6. The Morgan fingerprint density at radius 2 is 2.03 bits per heavy atom. The van der Waals surface area contributed by atoms with Crippen LogP contribution in [0, 0.1) is 0 Å². The number of anilines is 1. The van der Waals surface area contributed by atoms with Gasteiger partial charge in [-0.1, -0.05) is 11.6 Å². The summed E-state index contributed by atoms with van der Waals surface area (Å²) in [6.45, 7) is 0.406. The highest BCUT2D eigenvalue weighted by Gasteiger charge is 2.31. The van der Waals surface area contributed by atoms with E-state index in [2.05, 4.69) is 29.9 Å². The molecule has 0 saturated carbocycles. The van der Waals surface area contributed by atoms with Crippen molar-refractivity contribution >= 4 is 27.6 Å². The molecule has 0 saturated heterocycles. The predicted molar refractivity (Wildman–Crippen MR) is 114 cm³/mol. The standard InChI is InChI=1S/C18H20ClN7O5S/c1-29-9-12-10-31-15-13(3-5-20-17(15)30-2)16-23-24-18(26(12)16)25-32(27,28)6-4-14-21-7-11(19)8-22-14/h3,5,7-8,12H,4,6,9-10H2,1-2H3,(H,24,25)/t12-/m0/s1. The molecular weight excluding hydrogens is 462 g/mol. The van der Waals surface area contributed by atoms with Crippen LogP contribution in [0.3, 0.4) is 0 Å². The summed E-state index contributed by atoms with van der Waals surface area (Å²) in [6.07, 6.45) is 4.48. The summed E-state index contributed by atoms with van der Waals surface area (Å²) < 4.78 is 46.2. The smallest absolute Gasteiger partial charge is 0.257 e. The molecule has 0 fully saturated rings. The van der Waals surface area contributed by atoms with Crippen molar-refractivity contribution in [1.82, 2.24) is 29.7 Å². The Bertz CT molecular complexity index is 1200. The van der Waals surface area contributed by atoms with E-state index < -0.39 is 16.1 Å². The number of ether oxygens (including phenoxy) is 3. The van der Waals surface area contributed by atoms with Crippen LogP contribution in [0.25, 0.3) is 11.4 Å². The van der Waals surface area contributed by atoms with Gasteiger partial charge < -0.3 is 14.2 Å². The van der Waals surface area contributed by atoms with Crippen molar-refractivity contribution in [2.24, 2.45) is 0 Å². The second-order valence-corrected chi connectivity index (χ2v) is 9.10. The highest BCUT2D eigenvalue weighted by molar-refractivity contribution is 7.92. The maximum atomic E-state index is 12.8. The monoisotopic (exact) mass is 481 g/mol. The van der Waals surface area contributed by atoms with E-state index in [0.29, 0.717) is 33.9 Å². The Hall–Kier alpha value is -3.03. The topological polar surface area (TPSA) is 143 Å². The lowest BCUT2D eigenvalue weighted by Crippen LogP contribution is -2.26. The van der Waals surface area contributed by atoms with Crippen molar-refractivity contribution in [1.29, 1.82) is 0 Å². The van der Waals surface area contributed by atoms with Crippen LogP contribution in [0.4, 0.5) is 5.95 Å². The summed E-state index contributed by atoms with van der Waals surface area (Å²) in [5.41, 5.74) is 0.572. The van der Waals surface area contributed by atoms with Crippen LogP contribution in [0.2, 0.25) is 5.02 Å². The maximum absolute atomic E-state index is 12.8. The van der Waals surface area contributed by atoms with E-state index in [-0.39, 0.29) is 31.3 Å². The van der Waals surface area contributed by atoms with Gasteiger partial charge in [-0.3, -0.25) is 9.29 Å². The second kappa shape index (κ2) is 9.22. The third-order valence-electron chi connectivity index (χ3n) is 4.66.